The Kier molecular flexibility index (Phi) is 3.79. The molecule has 32 heavy (non-hydrogen) atoms. The van der Waals surface area contributed by atoms with Gasteiger partial charge >= 0.3 is 0 Å². The van der Waals surface area contributed by atoms with Crippen molar-refractivity contribution >= 4 is 23.7 Å². The zero-order valence-electron chi connectivity index (χ0n) is 17.8. The predicted octanol–water partition coefficient (Wildman–Crippen LogP) is 4.31. The third-order valence-corrected chi connectivity index (χ3v) is 7.54. The Morgan fingerprint density at radius 3 is 2.12 bits per heavy atom. The second kappa shape index (κ2) is 6.39. The first kappa shape index (κ1) is 19.0. The lowest BCUT2D eigenvalue weighted by Crippen LogP contribution is -2.54. The largest absolute Gasteiger partial charge is 0.411 e. The number of oxime groups is 1. The molecule has 158 valence electrons. The Balaban J connectivity index is 1.66. The van der Waals surface area contributed by atoms with Crippen molar-refractivity contribution in [2.75, 3.05) is 4.90 Å². The summed E-state index contributed by atoms with van der Waals surface area (Å²) in [6.45, 7) is 3.91. The van der Waals surface area contributed by atoms with Crippen LogP contribution in [0.1, 0.15) is 39.3 Å². The van der Waals surface area contributed by atoms with Crippen LogP contribution in [-0.2, 0) is 15.0 Å². The first-order chi connectivity index (χ1) is 15.5. The number of rotatable bonds is 2. The van der Waals surface area contributed by atoms with Crippen molar-refractivity contribution in [1.29, 1.82) is 0 Å². The monoisotopic (exact) mass is 422 g/mol. The molecule has 3 aromatic rings. The average Bonchev–Trinajstić information content (AvgIpc) is 3.06. The molecule has 2 atom stereocenters. The molecule has 0 aromatic heterocycles. The fraction of sp³-hybridized carbons (Fsp3) is 0.222. The third-order valence-electron chi connectivity index (χ3n) is 7.54. The summed E-state index contributed by atoms with van der Waals surface area (Å²) in [5.74, 6) is -1.85. The number of nitrogens with zero attached hydrogens (tertiary/aromatic N) is 2. The van der Waals surface area contributed by atoms with Crippen LogP contribution in [0.25, 0.3) is 0 Å². The van der Waals surface area contributed by atoms with E-state index < -0.39 is 17.3 Å². The van der Waals surface area contributed by atoms with E-state index in [-0.39, 0.29) is 17.7 Å². The molecule has 1 aliphatic heterocycles. The quantitative estimate of drug-likeness (QED) is 0.290. The van der Waals surface area contributed by atoms with Gasteiger partial charge in [0.05, 0.1) is 29.2 Å². The van der Waals surface area contributed by atoms with E-state index in [0.29, 0.717) is 5.69 Å². The molecule has 0 saturated carbocycles. The predicted molar refractivity (Wildman–Crippen MR) is 121 cm³/mol. The highest BCUT2D eigenvalue weighted by molar-refractivity contribution is 6.25. The molecule has 5 nitrogen and oxygen atoms in total. The highest BCUT2D eigenvalue weighted by Gasteiger charge is 2.68. The number of amides is 2. The minimum Gasteiger partial charge on any atom is -0.411 e. The number of hydrogen-bond acceptors (Lipinski definition) is 4. The van der Waals surface area contributed by atoms with Crippen molar-refractivity contribution in [3.05, 3.63) is 100 Å². The summed E-state index contributed by atoms with van der Waals surface area (Å²) >= 11 is 0. The highest BCUT2D eigenvalue weighted by atomic mass is 16.4. The van der Waals surface area contributed by atoms with Crippen LogP contribution < -0.4 is 4.90 Å². The standard InChI is InChI=1S/C27H22N2O3/c1-15-11-12-21(16(2)13-15)29-25(30)23-22-17-7-3-5-9-19(17)27(14-28-32,24(23)26(29)31)20-10-6-4-8-18(20)22/h3-14,22-24,32H,1-2H3/b28-14-/t22?,23-,24-,27?/m0/s1. The first-order valence-corrected chi connectivity index (χ1v) is 10.8. The lowest BCUT2D eigenvalue weighted by molar-refractivity contribution is -0.122. The van der Waals surface area contributed by atoms with Gasteiger partial charge in [-0.2, -0.15) is 0 Å². The molecule has 0 radical (unpaired) electrons. The van der Waals surface area contributed by atoms with Gasteiger partial charge in [-0.1, -0.05) is 66.2 Å². The molecular formula is C27H22N2O3. The van der Waals surface area contributed by atoms with Crippen molar-refractivity contribution < 1.29 is 14.8 Å². The van der Waals surface area contributed by atoms with Crippen LogP contribution in [0.3, 0.4) is 0 Å². The van der Waals surface area contributed by atoms with Crippen LogP contribution in [-0.4, -0.2) is 23.2 Å². The summed E-state index contributed by atoms with van der Waals surface area (Å²) in [6, 6.07) is 21.6. The van der Waals surface area contributed by atoms with E-state index in [2.05, 4.69) is 5.16 Å². The van der Waals surface area contributed by atoms with Gasteiger partial charge in [-0.05, 0) is 47.7 Å². The molecule has 3 aromatic carbocycles. The van der Waals surface area contributed by atoms with Crippen LogP contribution in [0, 0.1) is 25.7 Å². The number of carbonyl (C=O) groups excluding carboxylic acids is 2. The van der Waals surface area contributed by atoms with E-state index in [4.69, 9.17) is 0 Å². The Morgan fingerprint density at radius 2 is 1.53 bits per heavy atom. The molecule has 1 fully saturated rings. The molecular weight excluding hydrogens is 400 g/mol. The molecule has 1 saturated heterocycles. The van der Waals surface area contributed by atoms with Crippen LogP contribution >= 0.6 is 0 Å². The maximum absolute atomic E-state index is 14.0. The van der Waals surface area contributed by atoms with Crippen molar-refractivity contribution in [3.8, 4) is 0 Å². The van der Waals surface area contributed by atoms with Gasteiger partial charge in [-0.25, -0.2) is 4.90 Å². The smallest absolute Gasteiger partial charge is 0.239 e. The normalized spacial score (nSPS) is 27.6. The summed E-state index contributed by atoms with van der Waals surface area (Å²) in [4.78, 5) is 29.4. The number of benzene rings is 3. The molecule has 1 heterocycles. The Hall–Kier alpha value is -3.73. The van der Waals surface area contributed by atoms with Gasteiger partial charge < -0.3 is 5.21 Å². The van der Waals surface area contributed by atoms with Gasteiger partial charge in [0.25, 0.3) is 0 Å². The molecule has 1 N–H and O–H groups in total. The second-order valence-electron chi connectivity index (χ2n) is 9.07. The average molecular weight is 422 g/mol. The number of hydrogen-bond donors (Lipinski definition) is 1. The summed E-state index contributed by atoms with van der Waals surface area (Å²) in [6.07, 6.45) is 1.47. The Labute approximate surface area is 186 Å². The highest BCUT2D eigenvalue weighted by Crippen LogP contribution is 2.63. The molecule has 3 aliphatic carbocycles. The SMILES string of the molecule is Cc1ccc(N2C(=O)[C@@H]3[C@@H](C2=O)C2c4ccccc4C3(/C=N\O)c3ccccc32)c(C)c1. The summed E-state index contributed by atoms with van der Waals surface area (Å²) in [5.41, 5.74) is 5.51. The molecule has 5 heteroatoms. The molecule has 2 bridgehead atoms. The van der Waals surface area contributed by atoms with E-state index in [9.17, 15) is 14.8 Å². The maximum Gasteiger partial charge on any atom is 0.239 e. The molecule has 2 amide bonds. The molecule has 7 rings (SSSR count). The van der Waals surface area contributed by atoms with Crippen LogP contribution in [0.5, 0.6) is 0 Å². The number of anilines is 1. The minimum atomic E-state index is -0.999. The van der Waals surface area contributed by atoms with Gasteiger partial charge in [-0.3, -0.25) is 9.59 Å². The molecule has 0 spiro atoms. The summed E-state index contributed by atoms with van der Waals surface area (Å²) < 4.78 is 0. The van der Waals surface area contributed by atoms with Gasteiger partial charge in [0.15, 0.2) is 0 Å². The van der Waals surface area contributed by atoms with Crippen molar-refractivity contribution in [3.63, 3.8) is 0 Å². The Morgan fingerprint density at radius 1 is 0.906 bits per heavy atom. The Bertz CT molecular complexity index is 1290. The third kappa shape index (κ3) is 2.11. The number of carbonyl (C=O) groups is 2. The van der Waals surface area contributed by atoms with E-state index in [1.807, 2.05) is 80.6 Å². The van der Waals surface area contributed by atoms with Crippen molar-refractivity contribution in [2.24, 2.45) is 17.0 Å². The number of imide groups is 1. The molecule has 0 unspecified atom stereocenters. The minimum absolute atomic E-state index is 0.184. The number of aryl methyl sites for hydroxylation is 2. The first-order valence-electron chi connectivity index (χ1n) is 10.8. The van der Waals surface area contributed by atoms with Gasteiger partial charge in [0, 0.05) is 5.92 Å². The van der Waals surface area contributed by atoms with E-state index in [1.165, 1.54) is 11.1 Å². The van der Waals surface area contributed by atoms with Crippen LogP contribution in [0.15, 0.2) is 71.9 Å². The maximum atomic E-state index is 14.0. The van der Waals surface area contributed by atoms with E-state index in [1.54, 1.807) is 0 Å². The lowest BCUT2D eigenvalue weighted by atomic mass is 9.47. The second-order valence-corrected chi connectivity index (χ2v) is 9.07. The summed E-state index contributed by atoms with van der Waals surface area (Å²) in [5, 5.41) is 13.2. The zero-order valence-corrected chi connectivity index (χ0v) is 17.8. The topological polar surface area (TPSA) is 70.0 Å². The summed E-state index contributed by atoms with van der Waals surface area (Å²) in [7, 11) is 0. The van der Waals surface area contributed by atoms with E-state index >= 15 is 0 Å². The van der Waals surface area contributed by atoms with Crippen LogP contribution in [0.4, 0.5) is 5.69 Å². The molecule has 4 aliphatic rings. The van der Waals surface area contributed by atoms with Crippen molar-refractivity contribution in [2.45, 2.75) is 25.2 Å². The van der Waals surface area contributed by atoms with Crippen molar-refractivity contribution in [1.82, 2.24) is 0 Å². The fourth-order valence-electron chi connectivity index (χ4n) is 6.43. The van der Waals surface area contributed by atoms with Crippen LogP contribution in [0.2, 0.25) is 0 Å². The van der Waals surface area contributed by atoms with Gasteiger partial charge in [-0.15, -0.1) is 5.16 Å². The van der Waals surface area contributed by atoms with Gasteiger partial charge in [0.2, 0.25) is 11.8 Å². The van der Waals surface area contributed by atoms with E-state index in [0.717, 1.165) is 33.4 Å². The fourth-order valence-corrected chi connectivity index (χ4v) is 6.43. The lowest BCUT2D eigenvalue weighted by Gasteiger charge is -2.52. The van der Waals surface area contributed by atoms with Gasteiger partial charge in [0.1, 0.15) is 0 Å². The zero-order chi connectivity index (χ0) is 22.2.